The molecular weight excluding hydrogens is 332 g/mol. The summed E-state index contributed by atoms with van der Waals surface area (Å²) in [5.41, 5.74) is 9.20. The summed E-state index contributed by atoms with van der Waals surface area (Å²) < 4.78 is 0. The monoisotopic (exact) mass is 350 g/mol. The van der Waals surface area contributed by atoms with Gasteiger partial charge in [-0.1, -0.05) is 54.2 Å². The molecule has 3 aromatic rings. The zero-order chi connectivity index (χ0) is 17.6. The second kappa shape index (κ2) is 7.81. The van der Waals surface area contributed by atoms with Crippen LogP contribution in [0.3, 0.4) is 0 Å². The molecule has 0 unspecified atom stereocenters. The van der Waals surface area contributed by atoms with Gasteiger partial charge in [-0.25, -0.2) is 4.98 Å². The molecule has 1 aromatic heterocycles. The fraction of sp³-hybridized carbons (Fsp3) is 0.105. The molecule has 0 saturated heterocycles. The van der Waals surface area contributed by atoms with Crippen LogP contribution in [0.25, 0.3) is 12.2 Å². The first-order chi connectivity index (χ1) is 12.1. The highest BCUT2D eigenvalue weighted by molar-refractivity contribution is 7.98. The lowest BCUT2D eigenvalue weighted by Gasteiger charge is -2.00. The highest BCUT2D eigenvalue weighted by atomic mass is 32.2. The summed E-state index contributed by atoms with van der Waals surface area (Å²) in [4.78, 5) is 15.5. The first-order valence-corrected chi connectivity index (χ1v) is 8.78. The van der Waals surface area contributed by atoms with Gasteiger partial charge in [0.2, 0.25) is 11.1 Å². The second-order valence-electron chi connectivity index (χ2n) is 5.54. The molecule has 0 fully saturated rings. The molecule has 0 bridgehead atoms. The third-order valence-corrected chi connectivity index (χ3v) is 4.62. The number of nitrogens with one attached hydrogen (secondary N) is 1. The summed E-state index contributed by atoms with van der Waals surface area (Å²) in [6.45, 7) is 2.07. The Morgan fingerprint density at radius 3 is 2.64 bits per heavy atom. The van der Waals surface area contributed by atoms with E-state index in [1.165, 1.54) is 17.3 Å². The first-order valence-electron chi connectivity index (χ1n) is 7.79. The lowest BCUT2D eigenvalue weighted by molar-refractivity contribution is 0.100. The molecule has 5 nitrogen and oxygen atoms in total. The van der Waals surface area contributed by atoms with Crippen molar-refractivity contribution in [3.05, 3.63) is 76.6 Å². The van der Waals surface area contributed by atoms with Gasteiger partial charge < -0.3 is 5.73 Å². The van der Waals surface area contributed by atoms with Gasteiger partial charge in [0.05, 0.1) is 0 Å². The number of hydrogen-bond acceptors (Lipinski definition) is 4. The van der Waals surface area contributed by atoms with E-state index in [-0.39, 0.29) is 0 Å². The largest absolute Gasteiger partial charge is 0.366 e. The maximum Gasteiger partial charge on any atom is 0.248 e. The van der Waals surface area contributed by atoms with Crippen molar-refractivity contribution in [1.82, 2.24) is 15.2 Å². The van der Waals surface area contributed by atoms with Crippen LogP contribution in [0.5, 0.6) is 0 Å². The van der Waals surface area contributed by atoms with Crippen molar-refractivity contribution in [3.8, 4) is 0 Å². The van der Waals surface area contributed by atoms with Crippen LogP contribution in [-0.2, 0) is 5.75 Å². The minimum Gasteiger partial charge on any atom is -0.366 e. The number of H-pyrrole nitrogens is 1. The van der Waals surface area contributed by atoms with Gasteiger partial charge in [-0.05, 0) is 41.8 Å². The summed E-state index contributed by atoms with van der Waals surface area (Å²) in [6, 6.07) is 15.4. The lowest BCUT2D eigenvalue weighted by Crippen LogP contribution is -2.10. The average Bonchev–Trinajstić information content (AvgIpc) is 3.07. The highest BCUT2D eigenvalue weighted by Gasteiger charge is 2.04. The van der Waals surface area contributed by atoms with Crippen molar-refractivity contribution in [3.63, 3.8) is 0 Å². The molecule has 6 heteroatoms. The van der Waals surface area contributed by atoms with E-state index >= 15 is 0 Å². The molecule has 25 heavy (non-hydrogen) atoms. The van der Waals surface area contributed by atoms with Crippen LogP contribution in [-0.4, -0.2) is 21.1 Å². The number of carbonyl (C=O) groups excluding carboxylic acids is 1. The van der Waals surface area contributed by atoms with Gasteiger partial charge in [-0.15, -0.1) is 5.10 Å². The smallest absolute Gasteiger partial charge is 0.248 e. The van der Waals surface area contributed by atoms with E-state index in [0.29, 0.717) is 10.7 Å². The van der Waals surface area contributed by atoms with Crippen molar-refractivity contribution in [2.75, 3.05) is 0 Å². The van der Waals surface area contributed by atoms with E-state index in [4.69, 9.17) is 5.73 Å². The number of primary amides is 1. The summed E-state index contributed by atoms with van der Waals surface area (Å²) in [5.74, 6) is 1.02. The minimum atomic E-state index is -0.418. The summed E-state index contributed by atoms with van der Waals surface area (Å²) in [5, 5.41) is 7.82. The molecule has 1 amide bonds. The summed E-state index contributed by atoms with van der Waals surface area (Å²) >= 11 is 1.53. The number of hydrogen-bond donors (Lipinski definition) is 2. The van der Waals surface area contributed by atoms with Gasteiger partial charge >= 0.3 is 0 Å². The number of carbonyl (C=O) groups is 1. The van der Waals surface area contributed by atoms with Crippen LogP contribution in [0.2, 0.25) is 0 Å². The van der Waals surface area contributed by atoms with Gasteiger partial charge in [-0.3, -0.25) is 9.89 Å². The van der Waals surface area contributed by atoms with Crippen molar-refractivity contribution in [2.24, 2.45) is 5.73 Å². The third kappa shape index (κ3) is 4.58. The summed E-state index contributed by atoms with van der Waals surface area (Å²) in [6.07, 6.45) is 3.94. The molecule has 0 saturated carbocycles. The average molecular weight is 350 g/mol. The maximum absolute atomic E-state index is 11.1. The van der Waals surface area contributed by atoms with Crippen LogP contribution >= 0.6 is 11.8 Å². The number of aromatic nitrogens is 3. The van der Waals surface area contributed by atoms with Gasteiger partial charge in [0, 0.05) is 11.3 Å². The molecule has 3 rings (SSSR count). The number of nitrogens with zero attached hydrogens (tertiary/aromatic N) is 2. The second-order valence-corrected chi connectivity index (χ2v) is 6.49. The SMILES string of the molecule is Cc1ccccc1/C=C/c1nc(SCc2ccc(C(N)=O)cc2)n[nH]1. The lowest BCUT2D eigenvalue weighted by atomic mass is 10.1. The minimum absolute atomic E-state index is 0.418. The Kier molecular flexibility index (Phi) is 5.30. The standard InChI is InChI=1S/C19H18N4OS/c1-13-4-2-3-5-15(13)10-11-17-21-19(23-22-17)25-12-14-6-8-16(9-7-14)18(20)24/h2-11H,12H2,1H3,(H2,20,24)(H,21,22,23)/b11-10+. The molecule has 0 spiro atoms. The van der Waals surface area contributed by atoms with Crippen molar-refractivity contribution in [1.29, 1.82) is 0 Å². The Morgan fingerprint density at radius 2 is 1.92 bits per heavy atom. The van der Waals surface area contributed by atoms with Gasteiger partial charge in [0.25, 0.3) is 0 Å². The van der Waals surface area contributed by atoms with Gasteiger partial charge in [0.1, 0.15) is 5.82 Å². The number of benzene rings is 2. The molecule has 2 aromatic carbocycles. The fourth-order valence-corrected chi connectivity index (χ4v) is 3.01. The van der Waals surface area contributed by atoms with Gasteiger partial charge in [0.15, 0.2) is 0 Å². The normalized spacial score (nSPS) is 11.1. The fourth-order valence-electron chi connectivity index (χ4n) is 2.25. The van der Waals surface area contributed by atoms with E-state index in [9.17, 15) is 4.79 Å². The predicted octanol–water partition coefficient (Wildman–Crippen LogP) is 3.67. The Hall–Kier alpha value is -2.86. The van der Waals surface area contributed by atoms with Crippen LogP contribution < -0.4 is 5.73 Å². The zero-order valence-electron chi connectivity index (χ0n) is 13.8. The molecule has 0 aliphatic carbocycles. The molecule has 0 aliphatic rings. The van der Waals surface area contributed by atoms with Crippen molar-refractivity contribution >= 4 is 29.8 Å². The molecule has 0 atom stereocenters. The Balaban J connectivity index is 1.60. The Morgan fingerprint density at radius 1 is 1.16 bits per heavy atom. The molecule has 0 aliphatic heterocycles. The highest BCUT2D eigenvalue weighted by Crippen LogP contribution is 2.20. The van der Waals surface area contributed by atoms with Crippen molar-refractivity contribution < 1.29 is 4.79 Å². The van der Waals surface area contributed by atoms with E-state index < -0.39 is 5.91 Å². The molecule has 3 N–H and O–H groups in total. The number of amides is 1. The number of rotatable bonds is 6. The first kappa shape index (κ1) is 17.0. The number of aryl methyl sites for hydroxylation is 1. The van der Waals surface area contributed by atoms with E-state index in [1.54, 1.807) is 12.1 Å². The van der Waals surface area contributed by atoms with Crippen LogP contribution in [0, 0.1) is 6.92 Å². The van der Waals surface area contributed by atoms with E-state index in [2.05, 4.69) is 34.2 Å². The number of aromatic amines is 1. The van der Waals surface area contributed by atoms with E-state index in [1.807, 2.05) is 36.4 Å². The predicted molar refractivity (Wildman–Crippen MR) is 101 cm³/mol. The zero-order valence-corrected chi connectivity index (χ0v) is 14.6. The summed E-state index contributed by atoms with van der Waals surface area (Å²) in [7, 11) is 0. The van der Waals surface area contributed by atoms with Crippen LogP contribution in [0.1, 0.15) is 32.9 Å². The Labute approximate surface area is 150 Å². The molecular formula is C19H18N4OS. The van der Waals surface area contributed by atoms with Crippen molar-refractivity contribution in [2.45, 2.75) is 17.8 Å². The topological polar surface area (TPSA) is 84.7 Å². The quantitative estimate of drug-likeness (QED) is 0.664. The molecule has 126 valence electrons. The molecule has 1 heterocycles. The van der Waals surface area contributed by atoms with E-state index in [0.717, 1.165) is 22.7 Å². The van der Waals surface area contributed by atoms with Crippen LogP contribution in [0.4, 0.5) is 0 Å². The number of thioether (sulfide) groups is 1. The van der Waals surface area contributed by atoms with Crippen LogP contribution in [0.15, 0.2) is 53.7 Å². The van der Waals surface area contributed by atoms with Gasteiger partial charge in [-0.2, -0.15) is 0 Å². The number of nitrogens with two attached hydrogens (primary N) is 1. The molecule has 0 radical (unpaired) electrons. The Bertz CT molecular complexity index is 900. The third-order valence-electron chi connectivity index (χ3n) is 3.70. The maximum atomic E-state index is 11.1.